The van der Waals surface area contributed by atoms with Gasteiger partial charge in [0.25, 0.3) is 0 Å². The van der Waals surface area contributed by atoms with Gasteiger partial charge in [-0.2, -0.15) is 0 Å². The van der Waals surface area contributed by atoms with E-state index in [-0.39, 0.29) is 13.4 Å². The van der Waals surface area contributed by atoms with E-state index in [1.54, 1.807) is 6.07 Å². The van der Waals surface area contributed by atoms with Gasteiger partial charge < -0.3 is 5.32 Å². The van der Waals surface area contributed by atoms with Crippen molar-refractivity contribution in [3.63, 3.8) is 0 Å². The van der Waals surface area contributed by atoms with Crippen LogP contribution < -0.4 is 10.6 Å². The van der Waals surface area contributed by atoms with Gasteiger partial charge in [-0.3, -0.25) is 4.57 Å². The molecular formula is C10H10NO3PS. The van der Waals surface area contributed by atoms with Crippen molar-refractivity contribution < 1.29 is 13.0 Å². The van der Waals surface area contributed by atoms with Gasteiger partial charge in [-0.1, -0.05) is 5.92 Å². The zero-order valence-electron chi connectivity index (χ0n) is 8.60. The van der Waals surface area contributed by atoms with Crippen LogP contribution in [0.25, 0.3) is 0 Å². The lowest BCUT2D eigenvalue weighted by Crippen LogP contribution is -2.09. The van der Waals surface area contributed by atoms with E-state index in [4.69, 9.17) is 6.42 Å². The Morgan fingerprint density at radius 2 is 2.19 bits per heavy atom. The zero-order chi connectivity index (χ0) is 12.2. The number of benzene rings is 1. The van der Waals surface area contributed by atoms with Crippen LogP contribution >= 0.6 is 8.46 Å². The summed E-state index contributed by atoms with van der Waals surface area (Å²) in [6, 6.07) is 4.36. The number of sulfone groups is 1. The predicted octanol–water partition coefficient (Wildman–Crippen LogP) is 1.05. The molecule has 1 N–H and O–H groups in total. The largest absolute Gasteiger partial charge is 0.373 e. The molecule has 0 fully saturated rings. The Kier molecular flexibility index (Phi) is 4.05. The maximum absolute atomic E-state index is 11.3. The molecule has 0 aromatic heterocycles. The molecule has 6 heteroatoms. The van der Waals surface area contributed by atoms with Gasteiger partial charge >= 0.3 is 0 Å². The second-order valence-electron chi connectivity index (χ2n) is 3.10. The maximum Gasteiger partial charge on any atom is 0.194 e. The van der Waals surface area contributed by atoms with Crippen LogP contribution in [0, 0.1) is 12.3 Å². The van der Waals surface area contributed by atoms with Crippen LogP contribution in [0.4, 0.5) is 5.69 Å². The summed E-state index contributed by atoms with van der Waals surface area (Å²) in [6.07, 6.45) is 6.18. The van der Waals surface area contributed by atoms with Crippen LogP contribution in [-0.2, 0) is 14.4 Å². The van der Waals surface area contributed by atoms with Crippen LogP contribution in [0.3, 0.4) is 0 Å². The maximum atomic E-state index is 11.3. The first-order valence-electron chi connectivity index (χ1n) is 4.34. The third kappa shape index (κ3) is 3.06. The summed E-state index contributed by atoms with van der Waals surface area (Å²) in [4.78, 5) is 0.136. The van der Waals surface area contributed by atoms with E-state index in [1.807, 2.05) is 0 Å². The molecule has 0 aliphatic rings. The highest BCUT2D eigenvalue weighted by atomic mass is 32.2. The molecule has 0 atom stereocenters. The lowest BCUT2D eigenvalue weighted by molar-refractivity contribution is 0.602. The molecule has 1 rings (SSSR count). The van der Waals surface area contributed by atoms with Gasteiger partial charge in [0.2, 0.25) is 0 Å². The molecule has 0 heterocycles. The minimum atomic E-state index is -3.28. The molecule has 0 saturated heterocycles. The number of hydrogen-bond acceptors (Lipinski definition) is 4. The molecule has 0 radical (unpaired) electrons. The van der Waals surface area contributed by atoms with Crippen LogP contribution in [0.15, 0.2) is 23.1 Å². The van der Waals surface area contributed by atoms with Gasteiger partial charge in [0.05, 0.1) is 22.4 Å². The van der Waals surface area contributed by atoms with Crippen molar-refractivity contribution in [2.45, 2.75) is 4.90 Å². The fourth-order valence-electron chi connectivity index (χ4n) is 1.11. The average Bonchev–Trinajstić information content (AvgIpc) is 2.24. The quantitative estimate of drug-likeness (QED) is 0.645. The molecule has 84 valence electrons. The van der Waals surface area contributed by atoms with Crippen molar-refractivity contribution in [3.8, 4) is 12.3 Å². The molecule has 1 aromatic carbocycles. The number of hydrogen-bond donors (Lipinski definition) is 1. The summed E-state index contributed by atoms with van der Waals surface area (Å²) in [5, 5.41) is 3.23. The van der Waals surface area contributed by atoms with Crippen LogP contribution in [-0.4, -0.2) is 21.2 Å². The van der Waals surface area contributed by atoms with Gasteiger partial charge in [0.15, 0.2) is 18.3 Å². The third-order valence-corrected chi connectivity index (χ3v) is 3.55. The number of anilines is 1. The second-order valence-corrected chi connectivity index (χ2v) is 5.78. The molecule has 0 spiro atoms. The van der Waals surface area contributed by atoms with E-state index >= 15 is 0 Å². The van der Waals surface area contributed by atoms with Crippen molar-refractivity contribution in [2.75, 3.05) is 18.1 Å². The summed E-state index contributed by atoms with van der Waals surface area (Å²) in [5.41, 5.74) is 0.571. The molecule has 0 amide bonds. The van der Waals surface area contributed by atoms with Gasteiger partial charge in [0, 0.05) is 6.26 Å². The van der Waals surface area contributed by atoms with Gasteiger partial charge in [0.1, 0.15) is 0 Å². The summed E-state index contributed by atoms with van der Waals surface area (Å²) >= 11 is 0. The van der Waals surface area contributed by atoms with Crippen LogP contribution in [0.1, 0.15) is 0 Å². The Balaban J connectivity index is 3.18. The zero-order valence-corrected chi connectivity index (χ0v) is 10.3. The summed E-state index contributed by atoms with van der Waals surface area (Å²) < 4.78 is 33.4. The van der Waals surface area contributed by atoms with Crippen molar-refractivity contribution in [1.29, 1.82) is 0 Å². The fraction of sp³-hybridized carbons (Fsp3) is 0.200. The summed E-state index contributed by atoms with van der Waals surface area (Å²) in [5.74, 6) is 2.38. The van der Waals surface area contributed by atoms with E-state index in [0.29, 0.717) is 17.5 Å². The molecule has 0 bridgehead atoms. The number of terminal acetylenes is 1. The Hall–Kier alpha value is -1.37. The van der Waals surface area contributed by atoms with E-state index in [2.05, 4.69) is 11.2 Å². The van der Waals surface area contributed by atoms with E-state index in [0.717, 1.165) is 6.26 Å². The number of nitrogens with one attached hydrogen (secondary N) is 1. The predicted molar refractivity (Wildman–Crippen MR) is 64.1 cm³/mol. The fourth-order valence-corrected chi connectivity index (χ4v) is 2.29. The molecule has 16 heavy (non-hydrogen) atoms. The van der Waals surface area contributed by atoms with Crippen LogP contribution in [0.5, 0.6) is 0 Å². The molecule has 1 aromatic rings. The average molecular weight is 255 g/mol. The highest BCUT2D eigenvalue weighted by Gasteiger charge is 2.10. The Bertz CT molecular complexity index is 546. The molecule has 0 aliphatic heterocycles. The van der Waals surface area contributed by atoms with Crippen molar-refractivity contribution in [3.05, 3.63) is 18.2 Å². The lowest BCUT2D eigenvalue weighted by Gasteiger charge is -2.06. The number of rotatable bonds is 4. The highest BCUT2D eigenvalue weighted by molar-refractivity contribution is 7.90. The Morgan fingerprint density at radius 1 is 1.50 bits per heavy atom. The first kappa shape index (κ1) is 12.7. The molecule has 0 saturated carbocycles. The lowest BCUT2D eigenvalue weighted by atomic mass is 10.3. The van der Waals surface area contributed by atoms with Crippen molar-refractivity contribution >= 4 is 29.3 Å². The normalized spacial score (nSPS) is 11.0. The van der Waals surface area contributed by atoms with Crippen molar-refractivity contribution in [2.24, 2.45) is 0 Å². The van der Waals surface area contributed by atoms with Crippen LogP contribution in [0.2, 0.25) is 0 Å². The monoisotopic (exact) mass is 255 g/mol. The van der Waals surface area contributed by atoms with Gasteiger partial charge in [-0.05, 0) is 18.2 Å². The molecular weight excluding hydrogens is 245 g/mol. The third-order valence-electron chi connectivity index (χ3n) is 1.88. The minimum absolute atomic E-state index is 0.136. The topological polar surface area (TPSA) is 63.2 Å². The molecule has 0 aliphatic carbocycles. The van der Waals surface area contributed by atoms with Gasteiger partial charge in [-0.25, -0.2) is 8.42 Å². The Labute approximate surface area is 96.2 Å². The first-order chi connectivity index (χ1) is 7.49. The molecule has 4 nitrogen and oxygen atoms in total. The standard InChI is InChI=1S/C10H10NO3PS/c1-3-6-11-9-5-4-8(16(2,13)14)7-10(9)15-12/h1,4-5,7,11H,6H2,2H3. The SMILES string of the molecule is C#CCNc1ccc(S(C)(=O)=O)cc1P=O. The van der Waals surface area contributed by atoms with E-state index in [9.17, 15) is 13.0 Å². The second kappa shape index (κ2) is 5.11. The van der Waals surface area contributed by atoms with Gasteiger partial charge in [-0.15, -0.1) is 6.42 Å². The summed E-state index contributed by atoms with van der Waals surface area (Å²) in [6.45, 7) is 0.292. The van der Waals surface area contributed by atoms with Crippen molar-refractivity contribution in [1.82, 2.24) is 0 Å². The smallest absolute Gasteiger partial charge is 0.194 e. The molecule has 0 unspecified atom stereocenters. The highest BCUT2D eigenvalue weighted by Crippen LogP contribution is 2.15. The first-order valence-corrected chi connectivity index (χ1v) is 7.04. The minimum Gasteiger partial charge on any atom is -0.373 e. The van der Waals surface area contributed by atoms with E-state index in [1.165, 1.54) is 12.1 Å². The Morgan fingerprint density at radius 3 is 2.69 bits per heavy atom. The summed E-state index contributed by atoms with van der Waals surface area (Å²) in [7, 11) is -3.53. The van der Waals surface area contributed by atoms with E-state index < -0.39 is 9.84 Å².